The van der Waals surface area contributed by atoms with Crippen LogP contribution in [0.2, 0.25) is 0 Å². The molecule has 4 nitrogen and oxygen atoms in total. The Kier molecular flexibility index (Phi) is 4.40. The van der Waals surface area contributed by atoms with Crippen LogP contribution in [0.15, 0.2) is 0 Å². The van der Waals surface area contributed by atoms with Crippen molar-refractivity contribution < 1.29 is 9.53 Å². The lowest BCUT2D eigenvalue weighted by Crippen LogP contribution is -2.57. The summed E-state index contributed by atoms with van der Waals surface area (Å²) in [5.41, 5.74) is 0. The highest BCUT2D eigenvalue weighted by Crippen LogP contribution is 2.23. The van der Waals surface area contributed by atoms with Gasteiger partial charge in [0.1, 0.15) is 6.04 Å². The van der Waals surface area contributed by atoms with Crippen LogP contribution in [0.4, 0.5) is 0 Å². The molecule has 0 radical (unpaired) electrons. The summed E-state index contributed by atoms with van der Waals surface area (Å²) in [6.45, 7) is 5.66. The molecule has 2 rings (SSSR count). The average molecular weight is 240 g/mol. The lowest BCUT2D eigenvalue weighted by atomic mass is 9.85. The standard InChI is InChI=1S/C13H24N2O2/c1-9-5-3-4-6-11(9)15-13(16)12-10(2)17-8-7-14-12/h9-12,14H,3-8H2,1-2H3,(H,15,16)/t9?,10-,11?,12+/m1/s1. The van der Waals surface area contributed by atoms with E-state index < -0.39 is 0 Å². The van der Waals surface area contributed by atoms with Crippen molar-refractivity contribution in [2.75, 3.05) is 13.2 Å². The fraction of sp³-hybridized carbons (Fsp3) is 0.923. The Morgan fingerprint density at radius 1 is 1.29 bits per heavy atom. The summed E-state index contributed by atoms with van der Waals surface area (Å²) in [5, 5.41) is 6.42. The number of carbonyl (C=O) groups is 1. The molecule has 0 bridgehead atoms. The van der Waals surface area contributed by atoms with Crippen molar-refractivity contribution in [3.8, 4) is 0 Å². The summed E-state index contributed by atoms with van der Waals surface area (Å²) < 4.78 is 5.50. The van der Waals surface area contributed by atoms with Gasteiger partial charge in [0, 0.05) is 12.6 Å². The van der Waals surface area contributed by atoms with Gasteiger partial charge in [-0.3, -0.25) is 4.79 Å². The molecular formula is C13H24N2O2. The van der Waals surface area contributed by atoms with Crippen LogP contribution >= 0.6 is 0 Å². The van der Waals surface area contributed by atoms with E-state index in [1.54, 1.807) is 0 Å². The van der Waals surface area contributed by atoms with Crippen LogP contribution in [-0.2, 0) is 9.53 Å². The predicted molar refractivity (Wildman–Crippen MR) is 66.8 cm³/mol. The highest BCUT2D eigenvalue weighted by atomic mass is 16.5. The first-order valence-electron chi connectivity index (χ1n) is 6.84. The van der Waals surface area contributed by atoms with Crippen LogP contribution in [0.1, 0.15) is 39.5 Å². The van der Waals surface area contributed by atoms with Gasteiger partial charge in [0.25, 0.3) is 0 Å². The molecule has 1 aliphatic heterocycles. The van der Waals surface area contributed by atoms with Gasteiger partial charge in [-0.1, -0.05) is 19.8 Å². The second-order valence-electron chi connectivity index (χ2n) is 5.38. The summed E-state index contributed by atoms with van der Waals surface area (Å²) in [7, 11) is 0. The quantitative estimate of drug-likeness (QED) is 0.759. The van der Waals surface area contributed by atoms with Gasteiger partial charge < -0.3 is 15.4 Å². The molecule has 1 amide bonds. The molecule has 1 aliphatic carbocycles. The van der Waals surface area contributed by atoms with Crippen molar-refractivity contribution in [2.24, 2.45) is 5.92 Å². The molecule has 4 atom stereocenters. The summed E-state index contributed by atoms with van der Waals surface area (Å²) in [6, 6.07) is 0.171. The number of rotatable bonds is 2. The van der Waals surface area contributed by atoms with Crippen LogP contribution in [0.5, 0.6) is 0 Å². The number of morpholine rings is 1. The van der Waals surface area contributed by atoms with Crippen LogP contribution in [0.25, 0.3) is 0 Å². The van der Waals surface area contributed by atoms with Gasteiger partial charge >= 0.3 is 0 Å². The Hall–Kier alpha value is -0.610. The molecule has 2 N–H and O–H groups in total. The Balaban J connectivity index is 1.86. The fourth-order valence-corrected chi connectivity index (χ4v) is 2.83. The SMILES string of the molecule is CC1CCCCC1NC(=O)[C@H]1NCCO[C@@H]1C. The predicted octanol–water partition coefficient (Wildman–Crippen LogP) is 1.06. The van der Waals surface area contributed by atoms with Crippen molar-refractivity contribution in [2.45, 2.75) is 57.7 Å². The van der Waals surface area contributed by atoms with Gasteiger partial charge in [-0.05, 0) is 25.7 Å². The molecule has 4 heteroatoms. The molecule has 2 aliphatic rings. The van der Waals surface area contributed by atoms with E-state index in [9.17, 15) is 4.79 Å². The maximum Gasteiger partial charge on any atom is 0.240 e. The number of amides is 1. The first-order valence-corrected chi connectivity index (χ1v) is 6.84. The number of hydrogen-bond acceptors (Lipinski definition) is 3. The second-order valence-corrected chi connectivity index (χ2v) is 5.38. The Labute approximate surface area is 103 Å². The van der Waals surface area contributed by atoms with E-state index in [1.807, 2.05) is 6.92 Å². The zero-order valence-corrected chi connectivity index (χ0v) is 10.9. The number of ether oxygens (including phenoxy) is 1. The van der Waals surface area contributed by atoms with Gasteiger partial charge in [0.15, 0.2) is 0 Å². The smallest absolute Gasteiger partial charge is 0.240 e. The van der Waals surface area contributed by atoms with E-state index in [0.29, 0.717) is 18.6 Å². The molecule has 0 aromatic carbocycles. The minimum absolute atomic E-state index is 0.0253. The Morgan fingerprint density at radius 2 is 2.06 bits per heavy atom. The van der Waals surface area contributed by atoms with E-state index in [1.165, 1.54) is 19.3 Å². The van der Waals surface area contributed by atoms with Gasteiger partial charge in [0.05, 0.1) is 12.7 Å². The third-order valence-electron chi connectivity index (χ3n) is 4.04. The third kappa shape index (κ3) is 3.19. The monoisotopic (exact) mass is 240 g/mol. The molecule has 0 aromatic heterocycles. The first kappa shape index (κ1) is 12.8. The zero-order chi connectivity index (χ0) is 12.3. The van der Waals surface area contributed by atoms with Crippen LogP contribution in [0.3, 0.4) is 0 Å². The Bertz CT molecular complexity index is 270. The summed E-state index contributed by atoms with van der Waals surface area (Å²) in [5.74, 6) is 0.712. The van der Waals surface area contributed by atoms with Gasteiger partial charge in [-0.15, -0.1) is 0 Å². The summed E-state index contributed by atoms with van der Waals surface area (Å²) in [6.07, 6.45) is 4.86. The van der Waals surface area contributed by atoms with Crippen molar-refractivity contribution in [3.05, 3.63) is 0 Å². The molecule has 0 spiro atoms. The van der Waals surface area contributed by atoms with Crippen molar-refractivity contribution >= 4 is 5.91 Å². The highest BCUT2D eigenvalue weighted by molar-refractivity contribution is 5.82. The number of carbonyl (C=O) groups excluding carboxylic acids is 1. The molecule has 1 heterocycles. The zero-order valence-electron chi connectivity index (χ0n) is 10.9. The third-order valence-corrected chi connectivity index (χ3v) is 4.04. The number of nitrogens with one attached hydrogen (secondary N) is 2. The summed E-state index contributed by atoms with van der Waals surface area (Å²) >= 11 is 0. The minimum atomic E-state index is -0.183. The largest absolute Gasteiger partial charge is 0.375 e. The first-order chi connectivity index (χ1) is 8.18. The topological polar surface area (TPSA) is 50.4 Å². The lowest BCUT2D eigenvalue weighted by molar-refractivity contribution is -0.130. The highest BCUT2D eigenvalue weighted by Gasteiger charge is 2.31. The molecular weight excluding hydrogens is 216 g/mol. The normalized spacial score (nSPS) is 38.7. The molecule has 1 saturated heterocycles. The average Bonchev–Trinajstić information content (AvgIpc) is 2.32. The molecule has 1 saturated carbocycles. The van der Waals surface area contributed by atoms with E-state index >= 15 is 0 Å². The molecule has 2 fully saturated rings. The van der Waals surface area contributed by atoms with Gasteiger partial charge in [-0.2, -0.15) is 0 Å². The van der Waals surface area contributed by atoms with Gasteiger partial charge in [-0.25, -0.2) is 0 Å². The van der Waals surface area contributed by atoms with E-state index in [0.717, 1.165) is 13.0 Å². The van der Waals surface area contributed by atoms with E-state index in [4.69, 9.17) is 4.74 Å². The van der Waals surface area contributed by atoms with Crippen molar-refractivity contribution in [1.82, 2.24) is 10.6 Å². The van der Waals surface area contributed by atoms with Crippen molar-refractivity contribution in [3.63, 3.8) is 0 Å². The minimum Gasteiger partial charge on any atom is -0.375 e. The Morgan fingerprint density at radius 3 is 2.76 bits per heavy atom. The molecule has 98 valence electrons. The number of hydrogen-bond donors (Lipinski definition) is 2. The maximum atomic E-state index is 12.2. The van der Waals surface area contributed by atoms with E-state index in [-0.39, 0.29) is 18.1 Å². The molecule has 0 aromatic rings. The second kappa shape index (κ2) is 5.83. The lowest BCUT2D eigenvalue weighted by Gasteiger charge is -2.34. The van der Waals surface area contributed by atoms with Crippen LogP contribution < -0.4 is 10.6 Å². The maximum absolute atomic E-state index is 12.2. The fourth-order valence-electron chi connectivity index (χ4n) is 2.83. The van der Waals surface area contributed by atoms with Crippen LogP contribution in [-0.4, -0.2) is 37.2 Å². The summed E-state index contributed by atoms with van der Waals surface area (Å²) in [4.78, 5) is 12.2. The molecule has 17 heavy (non-hydrogen) atoms. The van der Waals surface area contributed by atoms with Crippen LogP contribution in [0, 0.1) is 5.92 Å². The molecule has 2 unspecified atom stereocenters. The van der Waals surface area contributed by atoms with Gasteiger partial charge in [0.2, 0.25) is 5.91 Å². The van der Waals surface area contributed by atoms with E-state index in [2.05, 4.69) is 17.6 Å². The van der Waals surface area contributed by atoms with Crippen molar-refractivity contribution in [1.29, 1.82) is 0 Å².